The summed E-state index contributed by atoms with van der Waals surface area (Å²) in [6.07, 6.45) is 5.30. The Morgan fingerprint density at radius 2 is 1.75 bits per heavy atom. The number of nitrogens with zero attached hydrogens (tertiary/aromatic N) is 5. The Morgan fingerprint density at radius 3 is 2.42 bits per heavy atom. The molecule has 13 heteroatoms. The van der Waals surface area contributed by atoms with E-state index in [2.05, 4.69) is 49.7 Å². The molecule has 0 bridgehead atoms. The number of nitrogens with two attached hydrogens (primary N) is 3. The van der Waals surface area contributed by atoms with Gasteiger partial charge in [0.25, 0.3) is 0 Å². The lowest BCUT2D eigenvalue weighted by Gasteiger charge is -2.43. The number of urea groups is 1. The van der Waals surface area contributed by atoms with Crippen molar-refractivity contribution in [2.24, 2.45) is 16.1 Å². The Morgan fingerprint density at radius 1 is 1.07 bits per heavy atom. The van der Waals surface area contributed by atoms with Crippen molar-refractivity contribution in [3.63, 3.8) is 0 Å². The summed E-state index contributed by atoms with van der Waals surface area (Å²) in [4.78, 5) is 41.5. The first-order chi connectivity index (χ1) is 19.1. The molecule has 4 rings (SSSR count). The Labute approximate surface area is 239 Å². The topological polar surface area (TPSA) is 181 Å². The molecule has 2 aliphatic rings. The van der Waals surface area contributed by atoms with E-state index in [1.807, 2.05) is 23.1 Å². The van der Waals surface area contributed by atoms with E-state index in [4.69, 9.17) is 28.8 Å². The number of anilines is 2. The summed E-state index contributed by atoms with van der Waals surface area (Å²) in [6, 6.07) is 10.5. The molecule has 0 atom stereocenters. The highest BCUT2D eigenvalue weighted by atomic mass is 35.5. The summed E-state index contributed by atoms with van der Waals surface area (Å²) >= 11 is 5.89. The number of aromatic nitrogens is 2. The van der Waals surface area contributed by atoms with Gasteiger partial charge in [-0.25, -0.2) is 14.8 Å². The number of piperidine rings is 2. The maximum Gasteiger partial charge on any atom is 0.317 e. The average Bonchev–Trinajstić information content (AvgIpc) is 2.95. The lowest BCUT2D eigenvalue weighted by Crippen LogP contribution is -2.53. The smallest absolute Gasteiger partial charge is 0.317 e. The number of halogens is 1. The standard InChI is InChI=1S/C27H39ClN10O2/c1-37-13-8-19(9-14-37)33-26(40)38-15-11-27(12-16-38,10-7-18-5-3-2-4-6-18)17-32-25(31)36-24(39)20-22(29)35-23(30)21(28)34-20/h2-6,19H,7-17H2,1H3,(H,33,40)(H4,29,30,35)(H3,31,32,36,39). The summed E-state index contributed by atoms with van der Waals surface area (Å²) < 4.78 is 0. The first kappa shape index (κ1) is 29.3. The number of carbonyl (C=O) groups is 2. The third kappa shape index (κ3) is 7.72. The van der Waals surface area contributed by atoms with Crippen LogP contribution in [0.2, 0.25) is 5.15 Å². The van der Waals surface area contributed by atoms with Crippen LogP contribution in [0.3, 0.4) is 0 Å². The van der Waals surface area contributed by atoms with E-state index in [9.17, 15) is 9.59 Å². The van der Waals surface area contributed by atoms with Crippen molar-refractivity contribution >= 4 is 41.1 Å². The van der Waals surface area contributed by atoms with Gasteiger partial charge >= 0.3 is 11.9 Å². The quantitative estimate of drug-likeness (QED) is 0.245. The van der Waals surface area contributed by atoms with E-state index in [0.717, 1.165) is 51.6 Å². The van der Waals surface area contributed by atoms with Crippen LogP contribution < -0.4 is 27.8 Å². The molecule has 0 unspecified atom stereocenters. The second-order valence-corrected chi connectivity index (χ2v) is 11.1. The molecular formula is C27H39ClN10O2. The molecule has 2 aliphatic heterocycles. The number of amides is 3. The van der Waals surface area contributed by atoms with Gasteiger partial charge in [-0.15, -0.1) is 0 Å². The van der Waals surface area contributed by atoms with Gasteiger partial charge in [-0.05, 0) is 69.6 Å². The van der Waals surface area contributed by atoms with Crippen LogP contribution in [0.1, 0.15) is 48.2 Å². The van der Waals surface area contributed by atoms with E-state index in [-0.39, 0.29) is 45.9 Å². The molecule has 2 fully saturated rings. The number of nitrogens with one attached hydrogen (secondary N) is 2. The summed E-state index contributed by atoms with van der Waals surface area (Å²) in [5.41, 5.74) is 18.3. The number of aliphatic imine (C=N–C) groups is 1. The van der Waals surface area contributed by atoms with E-state index in [0.29, 0.717) is 19.6 Å². The lowest BCUT2D eigenvalue weighted by atomic mass is 9.74. The van der Waals surface area contributed by atoms with Crippen molar-refractivity contribution in [3.05, 3.63) is 46.7 Å². The number of likely N-dealkylation sites (tertiary alicyclic amines) is 2. The molecule has 2 saturated heterocycles. The zero-order chi connectivity index (χ0) is 28.7. The van der Waals surface area contributed by atoms with E-state index >= 15 is 0 Å². The first-order valence-electron chi connectivity index (χ1n) is 13.6. The predicted molar refractivity (Wildman–Crippen MR) is 157 cm³/mol. The number of nitrogen functional groups attached to an aromatic ring is 2. The maximum atomic E-state index is 13.0. The monoisotopic (exact) mass is 570 g/mol. The molecule has 12 nitrogen and oxygen atoms in total. The molecule has 0 radical (unpaired) electrons. The molecule has 216 valence electrons. The minimum Gasteiger partial charge on any atom is -0.382 e. The number of carbonyl (C=O) groups excluding carboxylic acids is 2. The molecule has 8 N–H and O–H groups in total. The molecule has 0 aliphatic carbocycles. The van der Waals surface area contributed by atoms with Gasteiger partial charge in [0, 0.05) is 25.7 Å². The second kappa shape index (κ2) is 13.1. The highest BCUT2D eigenvalue weighted by Crippen LogP contribution is 2.36. The highest BCUT2D eigenvalue weighted by molar-refractivity contribution is 6.31. The fourth-order valence-corrected chi connectivity index (χ4v) is 5.38. The fraction of sp³-hybridized carbons (Fsp3) is 0.519. The van der Waals surface area contributed by atoms with Gasteiger partial charge < -0.3 is 37.6 Å². The van der Waals surface area contributed by atoms with Gasteiger partial charge in [-0.2, -0.15) is 4.99 Å². The molecule has 3 heterocycles. The van der Waals surface area contributed by atoms with Crippen LogP contribution in [-0.4, -0.2) is 83.5 Å². The van der Waals surface area contributed by atoms with Gasteiger partial charge in [0.05, 0.1) is 0 Å². The van der Waals surface area contributed by atoms with Crippen LogP contribution in [0.15, 0.2) is 35.3 Å². The van der Waals surface area contributed by atoms with Crippen LogP contribution in [0.4, 0.5) is 16.4 Å². The minimum atomic E-state index is -0.768. The third-order valence-electron chi connectivity index (χ3n) is 7.92. The van der Waals surface area contributed by atoms with E-state index < -0.39 is 5.91 Å². The van der Waals surface area contributed by atoms with Crippen LogP contribution in [-0.2, 0) is 6.42 Å². The molecule has 3 amide bonds. The van der Waals surface area contributed by atoms with Crippen LogP contribution >= 0.6 is 11.6 Å². The Kier molecular flexibility index (Phi) is 9.64. The van der Waals surface area contributed by atoms with Crippen molar-refractivity contribution in [2.45, 2.75) is 44.6 Å². The maximum absolute atomic E-state index is 13.0. The number of hydrogen-bond donors (Lipinski definition) is 5. The van der Waals surface area contributed by atoms with Gasteiger partial charge in [-0.1, -0.05) is 41.9 Å². The Balaban J connectivity index is 1.39. The van der Waals surface area contributed by atoms with E-state index in [1.165, 1.54) is 5.56 Å². The normalized spacial score (nSPS) is 18.4. The third-order valence-corrected chi connectivity index (χ3v) is 8.20. The molecule has 2 aromatic rings. The van der Waals surface area contributed by atoms with Crippen LogP contribution in [0, 0.1) is 5.41 Å². The summed E-state index contributed by atoms with van der Waals surface area (Å²) in [7, 11) is 2.11. The summed E-state index contributed by atoms with van der Waals surface area (Å²) in [5, 5.41) is 6.22. The molecule has 0 spiro atoms. The average molecular weight is 571 g/mol. The first-order valence-corrected chi connectivity index (χ1v) is 14.0. The van der Waals surface area contributed by atoms with Gasteiger partial charge in [-0.3, -0.25) is 4.79 Å². The Hall–Kier alpha value is -3.64. The molecule has 0 saturated carbocycles. The molecule has 1 aromatic heterocycles. The molecule has 40 heavy (non-hydrogen) atoms. The molecular weight excluding hydrogens is 532 g/mol. The number of guanidine groups is 1. The van der Waals surface area contributed by atoms with Gasteiger partial charge in [0.15, 0.2) is 28.4 Å². The van der Waals surface area contributed by atoms with Crippen molar-refractivity contribution in [3.8, 4) is 0 Å². The van der Waals surface area contributed by atoms with Crippen LogP contribution in [0.25, 0.3) is 0 Å². The van der Waals surface area contributed by atoms with Crippen molar-refractivity contribution < 1.29 is 9.59 Å². The van der Waals surface area contributed by atoms with Gasteiger partial charge in [0.2, 0.25) is 0 Å². The van der Waals surface area contributed by atoms with E-state index in [1.54, 1.807) is 0 Å². The van der Waals surface area contributed by atoms with Crippen LogP contribution in [0.5, 0.6) is 0 Å². The van der Waals surface area contributed by atoms with Crippen molar-refractivity contribution in [2.75, 3.05) is 51.2 Å². The zero-order valence-electron chi connectivity index (χ0n) is 22.9. The summed E-state index contributed by atoms with van der Waals surface area (Å²) in [5.74, 6) is -1.07. The Bertz CT molecular complexity index is 1210. The molecule has 1 aromatic carbocycles. The lowest BCUT2D eigenvalue weighted by molar-refractivity contribution is 0.0993. The van der Waals surface area contributed by atoms with Gasteiger partial charge in [0.1, 0.15) is 0 Å². The largest absolute Gasteiger partial charge is 0.382 e. The number of hydrogen-bond acceptors (Lipinski definition) is 7. The number of benzene rings is 1. The predicted octanol–water partition coefficient (Wildman–Crippen LogP) is 1.86. The SMILES string of the molecule is CN1CCC(NC(=O)N2CCC(CCc3ccccc3)(CN/C(N)=N/C(=O)c3nc(Cl)c(N)nc3N)CC2)CC1. The summed E-state index contributed by atoms with van der Waals surface area (Å²) in [6.45, 7) is 3.77. The number of rotatable bonds is 7. The van der Waals surface area contributed by atoms with Crippen molar-refractivity contribution in [1.82, 2.24) is 30.4 Å². The highest BCUT2D eigenvalue weighted by Gasteiger charge is 2.36. The minimum absolute atomic E-state index is 0.00621. The zero-order valence-corrected chi connectivity index (χ0v) is 23.7. The number of aryl methyl sites for hydroxylation is 1. The second-order valence-electron chi connectivity index (χ2n) is 10.8. The fourth-order valence-electron chi connectivity index (χ4n) is 5.25. The van der Waals surface area contributed by atoms with Crippen molar-refractivity contribution in [1.29, 1.82) is 0 Å².